The summed E-state index contributed by atoms with van der Waals surface area (Å²) >= 11 is 9.47. The molecular formula is C16H16BrClO. The minimum atomic E-state index is 0.0552. The van der Waals surface area contributed by atoms with Gasteiger partial charge in [0.25, 0.3) is 0 Å². The summed E-state index contributed by atoms with van der Waals surface area (Å²) in [5.41, 5.74) is 3.53. The third kappa shape index (κ3) is 4.34. The Kier molecular flexibility index (Phi) is 5.44. The number of hydrogen-bond acceptors (Lipinski definition) is 1. The molecule has 0 saturated carbocycles. The zero-order chi connectivity index (χ0) is 13.7. The summed E-state index contributed by atoms with van der Waals surface area (Å²) in [4.78, 5) is 0. The van der Waals surface area contributed by atoms with Gasteiger partial charge in [-0.25, -0.2) is 0 Å². The van der Waals surface area contributed by atoms with Crippen molar-refractivity contribution in [1.82, 2.24) is 0 Å². The molecule has 0 aliphatic carbocycles. The lowest BCUT2D eigenvalue weighted by Crippen LogP contribution is -2.06. The molecule has 0 aliphatic heterocycles. The summed E-state index contributed by atoms with van der Waals surface area (Å²) in [6.45, 7) is 2.64. The van der Waals surface area contributed by atoms with Crippen LogP contribution in [0.5, 0.6) is 0 Å². The Morgan fingerprint density at radius 1 is 1.16 bits per heavy atom. The van der Waals surface area contributed by atoms with E-state index in [-0.39, 0.29) is 6.10 Å². The summed E-state index contributed by atoms with van der Waals surface area (Å²) in [6.07, 6.45) is 0.0552. The van der Waals surface area contributed by atoms with Crippen LogP contribution in [0, 0.1) is 6.92 Å². The third-order valence-corrected chi connectivity index (χ3v) is 3.75. The standard InChI is InChI=1S/C16H16BrClO/c1-12-5-7-14(8-6-12)16(10-17)19-11-13-3-2-4-15(18)9-13/h2-9,16H,10-11H2,1H3. The first-order valence-electron chi connectivity index (χ1n) is 6.17. The van der Waals surface area contributed by atoms with Crippen LogP contribution in [-0.2, 0) is 11.3 Å². The van der Waals surface area contributed by atoms with Gasteiger partial charge >= 0.3 is 0 Å². The number of ether oxygens (including phenoxy) is 1. The van der Waals surface area contributed by atoms with Gasteiger partial charge in [-0.05, 0) is 30.2 Å². The number of hydrogen-bond donors (Lipinski definition) is 0. The van der Waals surface area contributed by atoms with Gasteiger partial charge in [0.2, 0.25) is 0 Å². The molecule has 0 N–H and O–H groups in total. The van der Waals surface area contributed by atoms with Crippen LogP contribution in [0.4, 0.5) is 0 Å². The highest BCUT2D eigenvalue weighted by atomic mass is 79.9. The molecule has 0 radical (unpaired) electrons. The molecule has 0 heterocycles. The molecule has 0 aromatic heterocycles. The Morgan fingerprint density at radius 3 is 2.53 bits per heavy atom. The van der Waals surface area contributed by atoms with Gasteiger partial charge in [0.05, 0.1) is 12.7 Å². The summed E-state index contributed by atoms with van der Waals surface area (Å²) < 4.78 is 5.95. The number of aryl methyl sites for hydroxylation is 1. The average molecular weight is 340 g/mol. The maximum Gasteiger partial charge on any atom is 0.0926 e. The van der Waals surface area contributed by atoms with E-state index in [0.29, 0.717) is 6.61 Å². The fourth-order valence-electron chi connectivity index (χ4n) is 1.83. The second-order valence-electron chi connectivity index (χ2n) is 4.49. The fourth-order valence-corrected chi connectivity index (χ4v) is 2.61. The SMILES string of the molecule is Cc1ccc(C(CBr)OCc2cccc(Cl)c2)cc1. The van der Waals surface area contributed by atoms with Crippen molar-refractivity contribution in [2.24, 2.45) is 0 Å². The molecule has 100 valence electrons. The molecule has 1 nitrogen and oxygen atoms in total. The Labute approximate surface area is 127 Å². The molecule has 2 aromatic rings. The second-order valence-corrected chi connectivity index (χ2v) is 5.58. The van der Waals surface area contributed by atoms with E-state index in [1.54, 1.807) is 0 Å². The van der Waals surface area contributed by atoms with Gasteiger partial charge in [-0.15, -0.1) is 0 Å². The van der Waals surface area contributed by atoms with Gasteiger partial charge in [-0.3, -0.25) is 0 Å². The van der Waals surface area contributed by atoms with E-state index in [4.69, 9.17) is 16.3 Å². The molecule has 1 atom stereocenters. The maximum absolute atomic E-state index is 5.96. The topological polar surface area (TPSA) is 9.23 Å². The van der Waals surface area contributed by atoms with E-state index in [1.165, 1.54) is 11.1 Å². The fraction of sp³-hybridized carbons (Fsp3) is 0.250. The van der Waals surface area contributed by atoms with Crippen molar-refractivity contribution in [2.45, 2.75) is 19.6 Å². The first kappa shape index (κ1) is 14.6. The van der Waals surface area contributed by atoms with Crippen LogP contribution in [0.3, 0.4) is 0 Å². The zero-order valence-electron chi connectivity index (χ0n) is 10.8. The maximum atomic E-state index is 5.96. The van der Waals surface area contributed by atoms with Crippen LogP contribution in [0.2, 0.25) is 5.02 Å². The van der Waals surface area contributed by atoms with Crippen LogP contribution < -0.4 is 0 Å². The van der Waals surface area contributed by atoms with Crippen molar-refractivity contribution >= 4 is 27.5 Å². The van der Waals surface area contributed by atoms with Crippen molar-refractivity contribution in [3.63, 3.8) is 0 Å². The Bertz CT molecular complexity index is 525. The van der Waals surface area contributed by atoms with Crippen LogP contribution in [0.25, 0.3) is 0 Å². The number of rotatable bonds is 5. The normalized spacial score (nSPS) is 12.4. The van der Waals surface area contributed by atoms with Crippen molar-refractivity contribution in [1.29, 1.82) is 0 Å². The molecule has 0 amide bonds. The molecule has 19 heavy (non-hydrogen) atoms. The van der Waals surface area contributed by atoms with Gasteiger partial charge in [0, 0.05) is 10.4 Å². The molecular weight excluding hydrogens is 324 g/mol. The molecule has 0 spiro atoms. The molecule has 2 aromatic carbocycles. The minimum Gasteiger partial charge on any atom is -0.368 e. The van der Waals surface area contributed by atoms with Crippen LogP contribution in [0.15, 0.2) is 48.5 Å². The molecule has 3 heteroatoms. The number of halogens is 2. The van der Waals surface area contributed by atoms with E-state index in [1.807, 2.05) is 24.3 Å². The van der Waals surface area contributed by atoms with Crippen molar-refractivity contribution in [2.75, 3.05) is 5.33 Å². The monoisotopic (exact) mass is 338 g/mol. The van der Waals surface area contributed by atoms with E-state index in [9.17, 15) is 0 Å². The number of alkyl halides is 1. The highest BCUT2D eigenvalue weighted by molar-refractivity contribution is 9.09. The summed E-state index contributed by atoms with van der Waals surface area (Å²) in [7, 11) is 0. The Balaban J connectivity index is 2.01. The van der Waals surface area contributed by atoms with E-state index in [2.05, 4.69) is 47.1 Å². The molecule has 2 rings (SSSR count). The molecule has 1 unspecified atom stereocenters. The molecule has 0 bridgehead atoms. The summed E-state index contributed by atoms with van der Waals surface area (Å²) in [6, 6.07) is 16.2. The second kappa shape index (κ2) is 7.09. The van der Waals surface area contributed by atoms with E-state index in [0.717, 1.165) is 15.9 Å². The van der Waals surface area contributed by atoms with Crippen LogP contribution in [-0.4, -0.2) is 5.33 Å². The lowest BCUT2D eigenvalue weighted by molar-refractivity contribution is 0.0566. The van der Waals surface area contributed by atoms with Crippen molar-refractivity contribution in [3.8, 4) is 0 Å². The zero-order valence-corrected chi connectivity index (χ0v) is 13.1. The van der Waals surface area contributed by atoms with E-state index < -0.39 is 0 Å². The van der Waals surface area contributed by atoms with E-state index >= 15 is 0 Å². The van der Waals surface area contributed by atoms with Crippen LogP contribution in [0.1, 0.15) is 22.8 Å². The predicted molar refractivity (Wildman–Crippen MR) is 84.0 cm³/mol. The highest BCUT2D eigenvalue weighted by Crippen LogP contribution is 2.22. The van der Waals surface area contributed by atoms with Gasteiger partial charge in [-0.1, -0.05) is 69.5 Å². The van der Waals surface area contributed by atoms with Gasteiger partial charge in [0.1, 0.15) is 0 Å². The highest BCUT2D eigenvalue weighted by Gasteiger charge is 2.10. The lowest BCUT2D eigenvalue weighted by Gasteiger charge is -2.16. The third-order valence-electron chi connectivity index (χ3n) is 2.93. The van der Waals surface area contributed by atoms with Gasteiger partial charge in [0.15, 0.2) is 0 Å². The number of benzene rings is 2. The quantitative estimate of drug-likeness (QED) is 0.672. The molecule has 0 saturated heterocycles. The largest absolute Gasteiger partial charge is 0.368 e. The predicted octanol–water partition coefficient (Wildman–Crippen LogP) is 5.30. The smallest absolute Gasteiger partial charge is 0.0926 e. The first-order valence-corrected chi connectivity index (χ1v) is 7.67. The summed E-state index contributed by atoms with van der Waals surface area (Å²) in [5.74, 6) is 0. The molecule has 0 aliphatic rings. The van der Waals surface area contributed by atoms with Gasteiger partial charge in [-0.2, -0.15) is 0 Å². The lowest BCUT2D eigenvalue weighted by atomic mass is 10.1. The van der Waals surface area contributed by atoms with Crippen LogP contribution >= 0.6 is 27.5 Å². The van der Waals surface area contributed by atoms with Crippen molar-refractivity contribution < 1.29 is 4.74 Å². The minimum absolute atomic E-state index is 0.0552. The summed E-state index contributed by atoms with van der Waals surface area (Å²) in [5, 5.41) is 1.52. The van der Waals surface area contributed by atoms with Gasteiger partial charge < -0.3 is 4.74 Å². The Hall–Kier alpha value is -0.830. The van der Waals surface area contributed by atoms with Crippen molar-refractivity contribution in [3.05, 3.63) is 70.2 Å². The average Bonchev–Trinajstić information content (AvgIpc) is 2.41. The Morgan fingerprint density at radius 2 is 1.89 bits per heavy atom. The molecule has 0 fully saturated rings. The first-order chi connectivity index (χ1) is 9.19.